The number of carbonyl (C=O) groups is 1. The maximum absolute atomic E-state index is 11.3. The molecular formula is C32H38N2O. The Labute approximate surface area is 211 Å². The first kappa shape index (κ1) is 24.9. The summed E-state index contributed by atoms with van der Waals surface area (Å²) in [7, 11) is 0. The molecule has 35 heavy (non-hydrogen) atoms. The van der Waals surface area contributed by atoms with Crippen molar-refractivity contribution in [2.45, 2.75) is 71.1 Å². The molecule has 0 aliphatic carbocycles. The van der Waals surface area contributed by atoms with Crippen LogP contribution in [0.25, 0.3) is 0 Å². The number of benzene rings is 2. The minimum absolute atomic E-state index is 0.0524. The maximum Gasteiger partial charge on any atom is 0.129 e. The van der Waals surface area contributed by atoms with Gasteiger partial charge in [-0.15, -0.1) is 0 Å². The molecule has 0 spiro atoms. The normalized spacial score (nSPS) is 18.9. The second-order valence-electron chi connectivity index (χ2n) is 10.7. The van der Waals surface area contributed by atoms with Gasteiger partial charge in [0.2, 0.25) is 0 Å². The number of hydrogen-bond acceptors (Lipinski definition) is 3. The van der Waals surface area contributed by atoms with Gasteiger partial charge in [-0.05, 0) is 55.2 Å². The van der Waals surface area contributed by atoms with E-state index in [4.69, 9.17) is 4.99 Å². The zero-order chi connectivity index (χ0) is 25.1. The minimum Gasteiger partial charge on any atom is -0.344 e. The number of para-hydroxylation sites is 2. The molecule has 2 aromatic rings. The van der Waals surface area contributed by atoms with Crippen molar-refractivity contribution in [2.75, 3.05) is 11.4 Å². The third-order valence-electron chi connectivity index (χ3n) is 7.40. The summed E-state index contributed by atoms with van der Waals surface area (Å²) in [5, 5.41) is 0. The Morgan fingerprint density at radius 2 is 1.57 bits per heavy atom. The number of allylic oxidation sites excluding steroid dienone is 6. The Morgan fingerprint density at radius 1 is 0.857 bits per heavy atom. The van der Waals surface area contributed by atoms with Gasteiger partial charge < -0.3 is 9.69 Å². The van der Waals surface area contributed by atoms with Crippen LogP contribution in [0.15, 0.2) is 89.6 Å². The fourth-order valence-corrected chi connectivity index (χ4v) is 5.31. The van der Waals surface area contributed by atoms with Gasteiger partial charge in [0.15, 0.2) is 0 Å². The third kappa shape index (κ3) is 5.10. The van der Waals surface area contributed by atoms with Gasteiger partial charge >= 0.3 is 0 Å². The second kappa shape index (κ2) is 10.2. The standard InChI is InChI=1S/C32H38N2O/c1-24(35)16-8-7-15-23-34-28-20-14-12-18-26(28)32(4,5)30(34)22-10-6-9-21-29-31(2,3)25-17-11-13-19-27(25)33-29/h6,9-14,17-22H,7-8,15-16,23H2,1-5H3/b10-6+,21-9+,30-22+. The molecule has 0 amide bonds. The third-order valence-corrected chi connectivity index (χ3v) is 7.40. The van der Waals surface area contributed by atoms with Crippen molar-refractivity contribution in [2.24, 2.45) is 4.99 Å². The minimum atomic E-state index is -0.0757. The monoisotopic (exact) mass is 466 g/mol. The summed E-state index contributed by atoms with van der Waals surface area (Å²) in [4.78, 5) is 18.6. The van der Waals surface area contributed by atoms with E-state index in [1.54, 1.807) is 6.92 Å². The average molecular weight is 467 g/mol. The largest absolute Gasteiger partial charge is 0.344 e. The van der Waals surface area contributed by atoms with Gasteiger partial charge in [0.25, 0.3) is 0 Å². The molecule has 0 radical (unpaired) electrons. The fraction of sp³-hybridized carbons (Fsp3) is 0.375. The molecule has 2 aliphatic heterocycles. The topological polar surface area (TPSA) is 32.7 Å². The highest BCUT2D eigenvalue weighted by Gasteiger charge is 2.39. The molecule has 0 N–H and O–H groups in total. The number of nitrogens with zero attached hydrogens (tertiary/aromatic N) is 2. The van der Waals surface area contributed by atoms with E-state index in [0.29, 0.717) is 6.42 Å². The zero-order valence-corrected chi connectivity index (χ0v) is 21.8. The summed E-state index contributed by atoms with van der Waals surface area (Å²) >= 11 is 0. The van der Waals surface area contributed by atoms with Crippen LogP contribution in [0, 0.1) is 0 Å². The molecule has 0 saturated carbocycles. The smallest absolute Gasteiger partial charge is 0.129 e. The highest BCUT2D eigenvalue weighted by atomic mass is 16.1. The van der Waals surface area contributed by atoms with Gasteiger partial charge in [0, 0.05) is 35.2 Å². The van der Waals surface area contributed by atoms with Crippen LogP contribution >= 0.6 is 0 Å². The zero-order valence-electron chi connectivity index (χ0n) is 21.8. The van der Waals surface area contributed by atoms with Gasteiger partial charge in [-0.3, -0.25) is 4.99 Å². The summed E-state index contributed by atoms with van der Waals surface area (Å²) in [6.45, 7) is 11.7. The van der Waals surface area contributed by atoms with Crippen molar-refractivity contribution < 1.29 is 4.79 Å². The van der Waals surface area contributed by atoms with E-state index in [0.717, 1.165) is 37.2 Å². The summed E-state index contributed by atoms with van der Waals surface area (Å²) < 4.78 is 0. The Hall–Kier alpha value is -3.20. The number of unbranched alkanes of at least 4 members (excludes halogenated alkanes) is 2. The molecule has 3 heteroatoms. The van der Waals surface area contributed by atoms with Gasteiger partial charge in [0.1, 0.15) is 5.78 Å². The lowest BCUT2D eigenvalue weighted by molar-refractivity contribution is -0.117. The Morgan fingerprint density at radius 3 is 2.31 bits per heavy atom. The molecule has 0 aromatic heterocycles. The highest BCUT2D eigenvalue weighted by Crippen LogP contribution is 2.47. The van der Waals surface area contributed by atoms with Crippen molar-refractivity contribution in [3.8, 4) is 0 Å². The predicted octanol–water partition coefficient (Wildman–Crippen LogP) is 7.99. The predicted molar refractivity (Wildman–Crippen MR) is 149 cm³/mol. The van der Waals surface area contributed by atoms with Crippen molar-refractivity contribution in [1.29, 1.82) is 0 Å². The number of hydrogen-bond donors (Lipinski definition) is 0. The van der Waals surface area contributed by atoms with Crippen LogP contribution in [0.5, 0.6) is 0 Å². The Kier molecular flexibility index (Phi) is 7.25. The molecule has 0 unspecified atom stereocenters. The van der Waals surface area contributed by atoms with Crippen LogP contribution in [0.2, 0.25) is 0 Å². The fourth-order valence-electron chi connectivity index (χ4n) is 5.31. The van der Waals surface area contributed by atoms with Crippen LogP contribution in [0.4, 0.5) is 11.4 Å². The summed E-state index contributed by atoms with van der Waals surface area (Å²) in [6.07, 6.45) is 14.6. The summed E-state index contributed by atoms with van der Waals surface area (Å²) in [6, 6.07) is 17.1. The van der Waals surface area contributed by atoms with Gasteiger partial charge in [-0.25, -0.2) is 0 Å². The number of aliphatic imine (C=N–C) groups is 1. The number of rotatable bonds is 9. The number of fused-ring (bicyclic) bond motifs is 2. The van der Waals surface area contributed by atoms with Crippen molar-refractivity contribution >= 4 is 22.9 Å². The number of carbonyl (C=O) groups excluding carboxylic acids is 1. The number of ketones is 1. The Bertz CT molecular complexity index is 1210. The molecule has 0 saturated heterocycles. The van der Waals surface area contributed by atoms with E-state index < -0.39 is 0 Å². The van der Waals surface area contributed by atoms with E-state index >= 15 is 0 Å². The average Bonchev–Trinajstić information content (AvgIpc) is 3.20. The quantitative estimate of drug-likeness (QED) is 0.277. The van der Waals surface area contributed by atoms with E-state index in [-0.39, 0.29) is 16.6 Å². The van der Waals surface area contributed by atoms with Crippen molar-refractivity contribution in [3.05, 3.63) is 95.7 Å². The lowest BCUT2D eigenvalue weighted by Crippen LogP contribution is -2.27. The summed E-state index contributed by atoms with van der Waals surface area (Å²) in [5.41, 5.74) is 7.33. The molecule has 2 aliphatic rings. The van der Waals surface area contributed by atoms with Crippen LogP contribution in [0.1, 0.15) is 71.4 Å². The van der Waals surface area contributed by atoms with Crippen LogP contribution < -0.4 is 4.90 Å². The van der Waals surface area contributed by atoms with Gasteiger partial charge in [-0.1, -0.05) is 88.7 Å². The van der Waals surface area contributed by atoms with Gasteiger partial charge in [-0.2, -0.15) is 0 Å². The molecule has 2 aromatic carbocycles. The van der Waals surface area contributed by atoms with E-state index in [1.165, 1.54) is 22.5 Å². The van der Waals surface area contributed by atoms with Crippen molar-refractivity contribution in [3.63, 3.8) is 0 Å². The summed E-state index contributed by atoms with van der Waals surface area (Å²) in [5.74, 6) is 0.285. The lowest BCUT2D eigenvalue weighted by atomic mass is 9.81. The molecule has 182 valence electrons. The number of Topliss-reactive ketones (excluding diaryl/α,β-unsaturated/α-hetero) is 1. The molecule has 2 heterocycles. The molecular weight excluding hydrogens is 428 g/mol. The van der Waals surface area contributed by atoms with Crippen molar-refractivity contribution in [1.82, 2.24) is 0 Å². The first-order valence-electron chi connectivity index (χ1n) is 12.8. The first-order valence-corrected chi connectivity index (χ1v) is 12.8. The van der Waals surface area contributed by atoms with Crippen LogP contribution in [0.3, 0.4) is 0 Å². The molecule has 4 rings (SSSR count). The van der Waals surface area contributed by atoms with Crippen LogP contribution in [-0.4, -0.2) is 18.0 Å². The number of anilines is 1. The second-order valence-corrected chi connectivity index (χ2v) is 10.7. The molecule has 0 fully saturated rings. The van der Waals surface area contributed by atoms with E-state index in [2.05, 4.69) is 105 Å². The molecule has 0 bridgehead atoms. The highest BCUT2D eigenvalue weighted by molar-refractivity contribution is 6.08. The molecule has 3 nitrogen and oxygen atoms in total. The Balaban J connectivity index is 1.49. The SMILES string of the molecule is CC(=O)CCCCCN1/C(=C/C=C/C=C/C2=Nc3ccccc3C2(C)C)C(C)(C)c2ccccc21. The van der Waals surface area contributed by atoms with E-state index in [9.17, 15) is 4.79 Å². The van der Waals surface area contributed by atoms with Crippen LogP contribution in [-0.2, 0) is 15.6 Å². The lowest BCUT2D eigenvalue weighted by Gasteiger charge is -2.27. The maximum atomic E-state index is 11.3. The first-order chi connectivity index (χ1) is 16.7. The molecule has 0 atom stereocenters. The van der Waals surface area contributed by atoms with E-state index in [1.807, 2.05) is 6.07 Å². The van der Waals surface area contributed by atoms with Gasteiger partial charge in [0.05, 0.1) is 11.4 Å².